The summed E-state index contributed by atoms with van der Waals surface area (Å²) in [6.07, 6.45) is 6.46. The van der Waals surface area contributed by atoms with Crippen LogP contribution in [0.5, 0.6) is 0 Å². The summed E-state index contributed by atoms with van der Waals surface area (Å²) in [5.41, 5.74) is 1.17. The van der Waals surface area contributed by atoms with Crippen molar-refractivity contribution in [3.05, 3.63) is 77.9 Å². The van der Waals surface area contributed by atoms with E-state index in [1.807, 2.05) is 63.2 Å². The van der Waals surface area contributed by atoms with Gasteiger partial charge in [0.25, 0.3) is 5.91 Å². The van der Waals surface area contributed by atoms with Crippen LogP contribution in [0, 0.1) is 24.2 Å². The van der Waals surface area contributed by atoms with E-state index < -0.39 is 23.8 Å². The highest BCUT2D eigenvalue weighted by molar-refractivity contribution is 6.00. The average molecular weight is 598 g/mol. The first-order chi connectivity index (χ1) is 20.7. The first kappa shape index (κ1) is 34.2. The second-order valence-corrected chi connectivity index (χ2v) is 13.2. The third-order valence-corrected chi connectivity index (χ3v) is 7.43. The Labute approximate surface area is 262 Å². The van der Waals surface area contributed by atoms with Crippen molar-refractivity contribution < 1.29 is 19.1 Å². The molecule has 0 saturated heterocycles. The standard InChI is InChI=1S/C37H47N3O4/c1-10-27-17-19-29(20-18-27)33(34(41)38-31-22-21-28-13-11-12-14-30(28)23-31)40(26(6)16-15-24(2)3)35(42)32(25(4)5)39-36(43)44-37(7,8)9/h1,11-14,17-26,32-33H,15-16H2,2-9H3,(H,38,41)(H,39,43). The highest BCUT2D eigenvalue weighted by Crippen LogP contribution is 2.30. The number of anilines is 1. The van der Waals surface area contributed by atoms with Crippen LogP contribution >= 0.6 is 0 Å². The molecule has 0 heterocycles. The molecular formula is C37H47N3O4. The van der Waals surface area contributed by atoms with E-state index in [0.717, 1.165) is 17.2 Å². The monoisotopic (exact) mass is 597 g/mol. The van der Waals surface area contributed by atoms with Gasteiger partial charge in [-0.25, -0.2) is 4.79 Å². The molecule has 0 spiro atoms. The van der Waals surface area contributed by atoms with E-state index in [1.165, 1.54) is 0 Å². The van der Waals surface area contributed by atoms with Crippen molar-refractivity contribution in [2.45, 2.75) is 92.0 Å². The van der Waals surface area contributed by atoms with E-state index >= 15 is 0 Å². The summed E-state index contributed by atoms with van der Waals surface area (Å²) < 4.78 is 5.50. The van der Waals surface area contributed by atoms with Crippen LogP contribution in [0.1, 0.15) is 85.4 Å². The van der Waals surface area contributed by atoms with Crippen molar-refractivity contribution in [3.8, 4) is 12.3 Å². The minimum atomic E-state index is -0.996. The van der Waals surface area contributed by atoms with Crippen molar-refractivity contribution in [2.24, 2.45) is 11.8 Å². The summed E-state index contributed by atoms with van der Waals surface area (Å²) in [6, 6.07) is 18.5. The zero-order chi connectivity index (χ0) is 32.6. The van der Waals surface area contributed by atoms with E-state index in [2.05, 4.69) is 30.4 Å². The van der Waals surface area contributed by atoms with Crippen LogP contribution < -0.4 is 10.6 Å². The van der Waals surface area contributed by atoms with Gasteiger partial charge in [-0.2, -0.15) is 0 Å². The molecular weight excluding hydrogens is 550 g/mol. The van der Waals surface area contributed by atoms with E-state index in [9.17, 15) is 14.4 Å². The van der Waals surface area contributed by atoms with Gasteiger partial charge in [0.15, 0.2) is 0 Å². The number of hydrogen-bond donors (Lipinski definition) is 2. The molecule has 0 saturated carbocycles. The summed E-state index contributed by atoms with van der Waals surface area (Å²) in [6.45, 7) is 15.2. The van der Waals surface area contributed by atoms with E-state index in [0.29, 0.717) is 29.2 Å². The molecule has 0 fully saturated rings. The number of alkyl carbamates (subject to hydrolysis) is 1. The quantitative estimate of drug-likeness (QED) is 0.222. The number of ether oxygens (including phenoxy) is 1. The molecule has 3 unspecified atom stereocenters. The maximum Gasteiger partial charge on any atom is 0.408 e. The number of terminal acetylenes is 1. The molecule has 7 heteroatoms. The second kappa shape index (κ2) is 14.9. The van der Waals surface area contributed by atoms with Gasteiger partial charge in [-0.3, -0.25) is 9.59 Å². The third kappa shape index (κ3) is 9.34. The fraction of sp³-hybridized carbons (Fsp3) is 0.432. The molecule has 2 N–H and O–H groups in total. The third-order valence-electron chi connectivity index (χ3n) is 7.43. The number of nitrogens with zero attached hydrogens (tertiary/aromatic N) is 1. The fourth-order valence-electron chi connectivity index (χ4n) is 5.10. The number of carbonyl (C=O) groups excluding carboxylic acids is 3. The zero-order valence-electron chi connectivity index (χ0n) is 27.3. The Morgan fingerprint density at radius 2 is 1.52 bits per heavy atom. The smallest absolute Gasteiger partial charge is 0.408 e. The Morgan fingerprint density at radius 3 is 2.09 bits per heavy atom. The maximum absolute atomic E-state index is 14.6. The summed E-state index contributed by atoms with van der Waals surface area (Å²) in [5.74, 6) is 2.02. The topological polar surface area (TPSA) is 87.7 Å². The minimum Gasteiger partial charge on any atom is -0.444 e. The van der Waals surface area contributed by atoms with Gasteiger partial charge in [0, 0.05) is 17.3 Å². The predicted molar refractivity (Wildman–Crippen MR) is 178 cm³/mol. The highest BCUT2D eigenvalue weighted by Gasteiger charge is 2.40. The van der Waals surface area contributed by atoms with Crippen LogP contribution in [0.2, 0.25) is 0 Å². The summed E-state index contributed by atoms with van der Waals surface area (Å²) >= 11 is 0. The van der Waals surface area contributed by atoms with E-state index in [-0.39, 0.29) is 23.8 Å². The zero-order valence-corrected chi connectivity index (χ0v) is 27.3. The van der Waals surface area contributed by atoms with Gasteiger partial charge in [-0.15, -0.1) is 6.42 Å². The fourth-order valence-corrected chi connectivity index (χ4v) is 5.10. The van der Waals surface area contributed by atoms with Crippen molar-refractivity contribution in [1.29, 1.82) is 0 Å². The molecule has 3 amide bonds. The number of hydrogen-bond acceptors (Lipinski definition) is 4. The van der Waals surface area contributed by atoms with Gasteiger partial charge in [0.05, 0.1) is 0 Å². The van der Waals surface area contributed by atoms with Gasteiger partial charge in [0.1, 0.15) is 17.7 Å². The Morgan fingerprint density at radius 1 is 0.886 bits per heavy atom. The lowest BCUT2D eigenvalue weighted by Gasteiger charge is -2.39. The maximum atomic E-state index is 14.6. The molecule has 0 aromatic heterocycles. The highest BCUT2D eigenvalue weighted by atomic mass is 16.6. The van der Waals surface area contributed by atoms with Crippen molar-refractivity contribution in [1.82, 2.24) is 10.2 Å². The van der Waals surface area contributed by atoms with Crippen molar-refractivity contribution in [2.75, 3.05) is 5.32 Å². The molecule has 0 radical (unpaired) electrons. The average Bonchev–Trinajstić information content (AvgIpc) is 2.96. The van der Waals surface area contributed by atoms with Crippen LogP contribution in [-0.4, -0.2) is 40.5 Å². The molecule has 234 valence electrons. The van der Waals surface area contributed by atoms with Crippen LogP contribution in [0.15, 0.2) is 66.7 Å². The Bertz CT molecular complexity index is 1480. The lowest BCUT2D eigenvalue weighted by molar-refractivity contribution is -0.144. The van der Waals surface area contributed by atoms with Crippen LogP contribution in [0.25, 0.3) is 10.8 Å². The van der Waals surface area contributed by atoms with Gasteiger partial charge in [0.2, 0.25) is 5.91 Å². The summed E-state index contributed by atoms with van der Waals surface area (Å²) in [7, 11) is 0. The van der Waals surface area contributed by atoms with Crippen LogP contribution in [0.4, 0.5) is 10.5 Å². The van der Waals surface area contributed by atoms with Gasteiger partial charge >= 0.3 is 6.09 Å². The summed E-state index contributed by atoms with van der Waals surface area (Å²) in [5, 5.41) is 7.91. The first-order valence-electron chi connectivity index (χ1n) is 15.4. The van der Waals surface area contributed by atoms with Gasteiger partial charge < -0.3 is 20.3 Å². The molecule has 3 atom stereocenters. The number of nitrogens with one attached hydrogen (secondary N) is 2. The number of amides is 3. The molecule has 0 aliphatic rings. The van der Waals surface area contributed by atoms with Gasteiger partial charge in [-0.1, -0.05) is 76.1 Å². The Hall–Kier alpha value is -4.31. The number of rotatable bonds is 11. The molecule has 3 aromatic carbocycles. The minimum absolute atomic E-state index is 0.275. The van der Waals surface area contributed by atoms with Crippen LogP contribution in [-0.2, 0) is 14.3 Å². The molecule has 0 aliphatic heterocycles. The first-order valence-corrected chi connectivity index (χ1v) is 15.4. The molecule has 44 heavy (non-hydrogen) atoms. The molecule has 3 aromatic rings. The van der Waals surface area contributed by atoms with Crippen molar-refractivity contribution in [3.63, 3.8) is 0 Å². The number of carbonyl (C=O) groups is 3. The largest absolute Gasteiger partial charge is 0.444 e. The summed E-state index contributed by atoms with van der Waals surface area (Å²) in [4.78, 5) is 43.4. The second-order valence-electron chi connectivity index (χ2n) is 13.2. The Balaban J connectivity index is 2.10. The van der Waals surface area contributed by atoms with Gasteiger partial charge in [-0.05, 0) is 93.0 Å². The lowest BCUT2D eigenvalue weighted by Crippen LogP contribution is -2.56. The van der Waals surface area contributed by atoms with E-state index in [4.69, 9.17) is 11.2 Å². The van der Waals surface area contributed by atoms with Crippen molar-refractivity contribution >= 4 is 34.4 Å². The molecule has 0 aliphatic carbocycles. The van der Waals surface area contributed by atoms with Crippen LogP contribution in [0.3, 0.4) is 0 Å². The van der Waals surface area contributed by atoms with E-state index in [1.54, 1.807) is 49.9 Å². The Kier molecular flexibility index (Phi) is 11.6. The predicted octanol–water partition coefficient (Wildman–Crippen LogP) is 7.70. The SMILES string of the molecule is C#Cc1ccc(C(C(=O)Nc2ccc3ccccc3c2)N(C(=O)C(NC(=O)OC(C)(C)C)C(C)C)C(C)CCC(C)C)cc1. The number of benzene rings is 3. The normalized spacial score (nSPS) is 13.6. The lowest BCUT2D eigenvalue weighted by atomic mass is 9.94. The molecule has 3 rings (SSSR count). The molecule has 0 bridgehead atoms. The molecule has 7 nitrogen and oxygen atoms in total. The number of fused-ring (bicyclic) bond motifs is 1.